The van der Waals surface area contributed by atoms with Gasteiger partial charge in [0.1, 0.15) is 0 Å². The van der Waals surface area contributed by atoms with Crippen LogP contribution in [0.4, 0.5) is 0 Å². The number of rotatable bonds is 2. The topological polar surface area (TPSA) is 3.24 Å². The second kappa shape index (κ2) is 4.99. The minimum absolute atomic E-state index is 0.409. The van der Waals surface area contributed by atoms with Crippen molar-refractivity contribution in [3.05, 3.63) is 34.9 Å². The van der Waals surface area contributed by atoms with Crippen molar-refractivity contribution in [3.8, 4) is 0 Å². The zero-order valence-corrected chi connectivity index (χ0v) is 11.0. The number of halogens is 1. The van der Waals surface area contributed by atoms with Crippen LogP contribution in [0.15, 0.2) is 18.2 Å². The van der Waals surface area contributed by atoms with Crippen molar-refractivity contribution in [2.75, 3.05) is 13.1 Å². The van der Waals surface area contributed by atoms with Crippen LogP contribution in [0.3, 0.4) is 0 Å². The second-order valence-corrected chi connectivity index (χ2v) is 6.02. The first-order valence-electron chi connectivity index (χ1n) is 6.78. The molecule has 0 bridgehead atoms. The van der Waals surface area contributed by atoms with Crippen molar-refractivity contribution >= 4 is 11.6 Å². The first-order valence-corrected chi connectivity index (χ1v) is 7.22. The molecule has 0 amide bonds. The summed E-state index contributed by atoms with van der Waals surface area (Å²) in [6, 6.07) is 7.08. The third-order valence-corrected chi connectivity index (χ3v) is 4.52. The van der Waals surface area contributed by atoms with E-state index in [0.717, 1.165) is 32.5 Å². The fourth-order valence-corrected chi connectivity index (χ4v) is 3.24. The number of fused-ring (bicyclic) bond motifs is 1. The van der Waals surface area contributed by atoms with Crippen LogP contribution >= 0.6 is 11.6 Å². The minimum Gasteiger partial charge on any atom is -0.299 e. The van der Waals surface area contributed by atoms with E-state index in [2.05, 4.69) is 23.1 Å². The average Bonchev–Trinajstić information content (AvgIpc) is 2.79. The minimum atomic E-state index is 0.409. The maximum absolute atomic E-state index is 6.13. The van der Waals surface area contributed by atoms with Crippen molar-refractivity contribution in [3.63, 3.8) is 0 Å². The summed E-state index contributed by atoms with van der Waals surface area (Å²) in [5.74, 6) is 0. The van der Waals surface area contributed by atoms with Gasteiger partial charge < -0.3 is 0 Å². The molecule has 2 heteroatoms. The lowest BCUT2D eigenvalue weighted by Crippen LogP contribution is -2.33. The lowest BCUT2D eigenvalue weighted by atomic mass is 10.0. The molecule has 0 saturated carbocycles. The van der Waals surface area contributed by atoms with Crippen molar-refractivity contribution in [1.82, 2.24) is 4.90 Å². The molecule has 2 aliphatic rings. The van der Waals surface area contributed by atoms with Crippen LogP contribution in [-0.2, 0) is 19.4 Å². The van der Waals surface area contributed by atoms with Crippen molar-refractivity contribution in [2.24, 2.45) is 0 Å². The van der Waals surface area contributed by atoms with Crippen LogP contribution in [0.5, 0.6) is 0 Å². The molecule has 1 heterocycles. The maximum atomic E-state index is 6.13. The van der Waals surface area contributed by atoms with E-state index in [1.807, 2.05) is 0 Å². The van der Waals surface area contributed by atoms with E-state index in [1.165, 1.54) is 24.8 Å². The van der Waals surface area contributed by atoms with E-state index in [-0.39, 0.29) is 0 Å². The molecule has 1 aliphatic heterocycles. The zero-order valence-electron chi connectivity index (χ0n) is 10.3. The van der Waals surface area contributed by atoms with Crippen LogP contribution in [-0.4, -0.2) is 23.4 Å². The molecule has 1 fully saturated rings. The summed E-state index contributed by atoms with van der Waals surface area (Å²) in [6.07, 6.45) is 6.20. The van der Waals surface area contributed by atoms with Gasteiger partial charge >= 0.3 is 0 Å². The number of nitrogens with zero attached hydrogens (tertiary/aromatic N) is 1. The fourth-order valence-electron chi connectivity index (χ4n) is 3.04. The highest BCUT2D eigenvalue weighted by atomic mass is 35.5. The normalized spacial score (nSPS) is 21.7. The molecule has 0 unspecified atom stereocenters. The van der Waals surface area contributed by atoms with Gasteiger partial charge in [-0.25, -0.2) is 0 Å². The predicted molar refractivity (Wildman–Crippen MR) is 72.6 cm³/mol. The summed E-state index contributed by atoms with van der Waals surface area (Å²) in [6.45, 7) is 3.42. The van der Waals surface area contributed by atoms with Gasteiger partial charge in [-0.05, 0) is 61.9 Å². The summed E-state index contributed by atoms with van der Waals surface area (Å²) in [5, 5.41) is 0.409. The SMILES string of the molecule is ClC1CCN(Cc2ccc3c(c2)CCC3)CC1. The Morgan fingerprint density at radius 2 is 1.88 bits per heavy atom. The molecule has 0 N–H and O–H groups in total. The molecular weight excluding hydrogens is 230 g/mol. The van der Waals surface area contributed by atoms with E-state index in [4.69, 9.17) is 11.6 Å². The Morgan fingerprint density at radius 1 is 1.12 bits per heavy atom. The first kappa shape index (κ1) is 11.6. The highest BCUT2D eigenvalue weighted by Crippen LogP contribution is 2.24. The van der Waals surface area contributed by atoms with E-state index in [0.29, 0.717) is 5.38 Å². The molecule has 3 rings (SSSR count). The third kappa shape index (κ3) is 2.66. The Kier molecular flexibility index (Phi) is 3.39. The van der Waals surface area contributed by atoms with Gasteiger partial charge in [-0.3, -0.25) is 4.90 Å². The lowest BCUT2D eigenvalue weighted by Gasteiger charge is -2.29. The average molecular weight is 250 g/mol. The molecular formula is C15H20ClN. The van der Waals surface area contributed by atoms with Gasteiger partial charge in [-0.2, -0.15) is 0 Å². The van der Waals surface area contributed by atoms with Gasteiger partial charge in [0.15, 0.2) is 0 Å². The number of piperidine rings is 1. The molecule has 0 radical (unpaired) electrons. The molecule has 1 saturated heterocycles. The smallest absolute Gasteiger partial charge is 0.0360 e. The third-order valence-electron chi connectivity index (χ3n) is 4.09. The quantitative estimate of drug-likeness (QED) is 0.727. The number of alkyl halides is 1. The number of benzene rings is 1. The van der Waals surface area contributed by atoms with E-state index in [1.54, 1.807) is 11.1 Å². The van der Waals surface area contributed by atoms with Crippen molar-refractivity contribution in [2.45, 2.75) is 44.0 Å². The Balaban J connectivity index is 1.65. The Hall–Kier alpha value is -0.530. The summed E-state index contributed by atoms with van der Waals surface area (Å²) >= 11 is 6.13. The Bertz CT molecular complexity index is 394. The van der Waals surface area contributed by atoms with Crippen molar-refractivity contribution < 1.29 is 0 Å². The molecule has 1 aromatic carbocycles. The van der Waals surface area contributed by atoms with Crippen molar-refractivity contribution in [1.29, 1.82) is 0 Å². The predicted octanol–water partition coefficient (Wildman–Crippen LogP) is 3.38. The number of hydrogen-bond acceptors (Lipinski definition) is 1. The highest BCUT2D eigenvalue weighted by Gasteiger charge is 2.18. The van der Waals surface area contributed by atoms with Gasteiger partial charge in [0, 0.05) is 11.9 Å². The molecule has 0 atom stereocenters. The molecule has 0 spiro atoms. The second-order valence-electron chi connectivity index (χ2n) is 5.41. The monoisotopic (exact) mass is 249 g/mol. The number of hydrogen-bond donors (Lipinski definition) is 0. The van der Waals surface area contributed by atoms with Gasteiger partial charge in [-0.15, -0.1) is 11.6 Å². The van der Waals surface area contributed by atoms with Crippen LogP contribution < -0.4 is 0 Å². The van der Waals surface area contributed by atoms with Crippen LogP contribution in [0.2, 0.25) is 0 Å². The summed E-state index contributed by atoms with van der Waals surface area (Å²) in [7, 11) is 0. The largest absolute Gasteiger partial charge is 0.299 e. The Labute approximate surface area is 109 Å². The molecule has 92 valence electrons. The van der Waals surface area contributed by atoms with E-state index >= 15 is 0 Å². The van der Waals surface area contributed by atoms with Crippen LogP contribution in [0.1, 0.15) is 36.0 Å². The van der Waals surface area contributed by atoms with E-state index in [9.17, 15) is 0 Å². The maximum Gasteiger partial charge on any atom is 0.0360 e. The van der Waals surface area contributed by atoms with Gasteiger partial charge in [0.05, 0.1) is 0 Å². The summed E-state index contributed by atoms with van der Waals surface area (Å²) in [4.78, 5) is 2.54. The summed E-state index contributed by atoms with van der Waals surface area (Å²) in [5.41, 5.74) is 4.65. The molecule has 1 aromatic rings. The lowest BCUT2D eigenvalue weighted by molar-refractivity contribution is 0.223. The molecule has 1 aliphatic carbocycles. The number of aryl methyl sites for hydroxylation is 2. The van der Waals surface area contributed by atoms with Gasteiger partial charge in [-0.1, -0.05) is 18.2 Å². The highest BCUT2D eigenvalue weighted by molar-refractivity contribution is 6.20. The van der Waals surface area contributed by atoms with Gasteiger partial charge in [0.25, 0.3) is 0 Å². The van der Waals surface area contributed by atoms with Gasteiger partial charge in [0.2, 0.25) is 0 Å². The van der Waals surface area contributed by atoms with Crippen LogP contribution in [0.25, 0.3) is 0 Å². The fraction of sp³-hybridized carbons (Fsp3) is 0.600. The molecule has 17 heavy (non-hydrogen) atoms. The van der Waals surface area contributed by atoms with Crippen LogP contribution in [0, 0.1) is 0 Å². The summed E-state index contributed by atoms with van der Waals surface area (Å²) < 4.78 is 0. The zero-order chi connectivity index (χ0) is 11.7. The first-order chi connectivity index (χ1) is 8.31. The van der Waals surface area contributed by atoms with E-state index < -0.39 is 0 Å². The molecule has 1 nitrogen and oxygen atoms in total. The molecule has 0 aromatic heterocycles. The number of likely N-dealkylation sites (tertiary alicyclic amines) is 1. The Morgan fingerprint density at radius 3 is 2.71 bits per heavy atom. The standard InChI is InChI=1S/C15H20ClN/c16-15-6-8-17(9-7-15)11-12-4-5-13-2-1-3-14(13)10-12/h4-5,10,15H,1-3,6-9,11H2.